The summed E-state index contributed by atoms with van der Waals surface area (Å²) in [6, 6.07) is 7.46. The second-order valence-corrected chi connectivity index (χ2v) is 8.39. The van der Waals surface area contributed by atoms with Crippen molar-refractivity contribution in [3.63, 3.8) is 0 Å². The molecule has 4 nitrogen and oxygen atoms in total. The van der Waals surface area contributed by atoms with Crippen LogP contribution in [-0.4, -0.2) is 31.9 Å². The molecule has 2 atom stereocenters. The lowest BCUT2D eigenvalue weighted by Crippen LogP contribution is -2.45. The first kappa shape index (κ1) is 15.9. The Hall–Kier alpha value is -0.430. The highest BCUT2D eigenvalue weighted by Gasteiger charge is 2.30. The second-order valence-electron chi connectivity index (χ2n) is 5.50. The van der Waals surface area contributed by atoms with E-state index in [4.69, 9.17) is 5.73 Å². The largest absolute Gasteiger partial charge is 0.328 e. The molecule has 0 spiro atoms. The molecule has 0 radical (unpaired) electrons. The number of hydrogen-bond acceptors (Lipinski definition) is 3. The van der Waals surface area contributed by atoms with Crippen molar-refractivity contribution in [1.29, 1.82) is 0 Å². The van der Waals surface area contributed by atoms with Crippen molar-refractivity contribution >= 4 is 26.0 Å². The summed E-state index contributed by atoms with van der Waals surface area (Å²) in [4.78, 5) is 0. The Morgan fingerprint density at radius 3 is 2.65 bits per heavy atom. The normalized spacial score (nSPS) is 22.6. The van der Waals surface area contributed by atoms with Crippen LogP contribution in [0.5, 0.6) is 0 Å². The molecule has 2 rings (SSSR count). The molecule has 1 aromatic rings. The Kier molecular flexibility index (Phi) is 5.23. The first-order chi connectivity index (χ1) is 9.38. The number of nitrogens with zero attached hydrogens (tertiary/aromatic N) is 1. The highest BCUT2D eigenvalue weighted by Crippen LogP contribution is 2.23. The van der Waals surface area contributed by atoms with Crippen molar-refractivity contribution in [3.8, 4) is 0 Å². The summed E-state index contributed by atoms with van der Waals surface area (Å²) < 4.78 is 27.5. The molecule has 2 N–H and O–H groups in total. The molecule has 1 aliphatic rings. The average Bonchev–Trinajstić information content (AvgIpc) is 2.41. The number of sulfonamides is 1. The topological polar surface area (TPSA) is 63.4 Å². The average molecular weight is 361 g/mol. The molecule has 0 aromatic heterocycles. The van der Waals surface area contributed by atoms with Gasteiger partial charge in [-0.3, -0.25) is 0 Å². The van der Waals surface area contributed by atoms with Crippen LogP contribution in [0.4, 0.5) is 0 Å². The lowest BCUT2D eigenvalue weighted by atomic mass is 9.93. The summed E-state index contributed by atoms with van der Waals surface area (Å²) in [5.74, 6) is 0.329. The van der Waals surface area contributed by atoms with Gasteiger partial charge in [-0.25, -0.2) is 12.7 Å². The minimum absolute atomic E-state index is 0.0423. The Morgan fingerprint density at radius 2 is 2.05 bits per heavy atom. The van der Waals surface area contributed by atoms with E-state index in [9.17, 15) is 8.42 Å². The monoisotopic (exact) mass is 360 g/mol. The maximum Gasteiger partial charge on any atom is 0.218 e. The van der Waals surface area contributed by atoms with Gasteiger partial charge in [0, 0.05) is 23.6 Å². The molecule has 0 unspecified atom stereocenters. The van der Waals surface area contributed by atoms with Gasteiger partial charge in [-0.2, -0.15) is 0 Å². The molecule has 0 saturated carbocycles. The molecule has 1 aromatic carbocycles. The van der Waals surface area contributed by atoms with Crippen molar-refractivity contribution in [1.82, 2.24) is 4.31 Å². The van der Waals surface area contributed by atoms with Crippen molar-refractivity contribution in [2.45, 2.75) is 31.6 Å². The zero-order valence-electron chi connectivity index (χ0n) is 11.6. The Balaban J connectivity index is 2.08. The highest BCUT2D eigenvalue weighted by atomic mass is 79.9. The predicted octanol–water partition coefficient (Wildman–Crippen LogP) is 2.34. The minimum Gasteiger partial charge on any atom is -0.328 e. The molecule has 6 heteroatoms. The van der Waals surface area contributed by atoms with Gasteiger partial charge in [0.25, 0.3) is 0 Å². The van der Waals surface area contributed by atoms with Crippen molar-refractivity contribution in [2.24, 2.45) is 11.7 Å². The van der Waals surface area contributed by atoms with E-state index in [1.165, 1.54) is 0 Å². The third-order valence-corrected chi connectivity index (χ3v) is 6.17. The van der Waals surface area contributed by atoms with E-state index in [0.29, 0.717) is 13.1 Å². The molecule has 0 amide bonds. The van der Waals surface area contributed by atoms with Gasteiger partial charge in [0.15, 0.2) is 0 Å². The van der Waals surface area contributed by atoms with Gasteiger partial charge in [0.1, 0.15) is 0 Å². The number of hydrogen-bond donors (Lipinski definition) is 1. The Morgan fingerprint density at radius 1 is 1.40 bits per heavy atom. The van der Waals surface area contributed by atoms with Gasteiger partial charge in [0.05, 0.1) is 5.75 Å². The first-order valence-electron chi connectivity index (χ1n) is 6.86. The van der Waals surface area contributed by atoms with Gasteiger partial charge in [-0.1, -0.05) is 28.1 Å². The molecule has 1 aliphatic heterocycles. The van der Waals surface area contributed by atoms with Gasteiger partial charge in [-0.15, -0.1) is 0 Å². The van der Waals surface area contributed by atoms with E-state index < -0.39 is 10.0 Å². The standard InChI is InChI=1S/C14H21BrN2O2S/c1-11(16)13-3-2-8-17(9-13)20(18,19)10-12-4-6-14(15)7-5-12/h4-7,11,13H,2-3,8-10,16H2,1H3/t11-,13-/m1/s1. The van der Waals surface area contributed by atoms with Crippen molar-refractivity contribution in [3.05, 3.63) is 34.3 Å². The maximum atomic E-state index is 12.5. The molecule has 0 aliphatic carbocycles. The Labute approximate surface area is 129 Å². The minimum atomic E-state index is -3.25. The fraction of sp³-hybridized carbons (Fsp3) is 0.571. The van der Waals surface area contributed by atoms with Crippen LogP contribution >= 0.6 is 15.9 Å². The summed E-state index contributed by atoms with van der Waals surface area (Å²) in [5.41, 5.74) is 6.73. The second kappa shape index (κ2) is 6.56. The smallest absolute Gasteiger partial charge is 0.218 e. The number of rotatable bonds is 4. The molecule has 20 heavy (non-hydrogen) atoms. The van der Waals surface area contributed by atoms with Crippen LogP contribution in [0.25, 0.3) is 0 Å². The van der Waals surface area contributed by atoms with E-state index in [0.717, 1.165) is 22.9 Å². The number of benzene rings is 1. The summed E-state index contributed by atoms with van der Waals surface area (Å²) in [7, 11) is -3.25. The highest BCUT2D eigenvalue weighted by molar-refractivity contribution is 9.10. The lowest BCUT2D eigenvalue weighted by Gasteiger charge is -2.33. The first-order valence-corrected chi connectivity index (χ1v) is 9.26. The van der Waals surface area contributed by atoms with Crippen LogP contribution in [0.2, 0.25) is 0 Å². The van der Waals surface area contributed by atoms with Crippen LogP contribution in [0.1, 0.15) is 25.3 Å². The van der Waals surface area contributed by atoms with E-state index in [1.54, 1.807) is 4.31 Å². The number of nitrogens with two attached hydrogens (primary N) is 1. The fourth-order valence-electron chi connectivity index (χ4n) is 2.54. The summed E-state index contributed by atoms with van der Waals surface area (Å²) in [6.07, 6.45) is 1.91. The van der Waals surface area contributed by atoms with Gasteiger partial charge in [0.2, 0.25) is 10.0 Å². The molecule has 1 heterocycles. The van der Waals surface area contributed by atoms with Gasteiger partial charge in [-0.05, 0) is 43.4 Å². The van der Waals surface area contributed by atoms with E-state index in [1.807, 2.05) is 31.2 Å². The third-order valence-electron chi connectivity index (χ3n) is 3.82. The fourth-order valence-corrected chi connectivity index (χ4v) is 4.42. The van der Waals surface area contributed by atoms with Crippen LogP contribution in [0.15, 0.2) is 28.7 Å². The van der Waals surface area contributed by atoms with E-state index in [-0.39, 0.29) is 17.7 Å². The molecule has 1 saturated heterocycles. The number of halogens is 1. The maximum absolute atomic E-state index is 12.5. The predicted molar refractivity (Wildman–Crippen MR) is 84.7 cm³/mol. The Bertz CT molecular complexity index is 543. The van der Waals surface area contributed by atoms with Gasteiger partial charge < -0.3 is 5.73 Å². The van der Waals surface area contributed by atoms with Crippen molar-refractivity contribution < 1.29 is 8.42 Å². The zero-order valence-corrected chi connectivity index (χ0v) is 14.0. The van der Waals surface area contributed by atoms with Crippen LogP contribution in [0, 0.1) is 5.92 Å². The van der Waals surface area contributed by atoms with Crippen LogP contribution in [-0.2, 0) is 15.8 Å². The third kappa shape index (κ3) is 4.04. The summed E-state index contributed by atoms with van der Waals surface area (Å²) >= 11 is 3.35. The quantitative estimate of drug-likeness (QED) is 0.895. The number of piperidine rings is 1. The van der Waals surface area contributed by atoms with Crippen molar-refractivity contribution in [2.75, 3.05) is 13.1 Å². The summed E-state index contributed by atoms with van der Waals surface area (Å²) in [6.45, 7) is 3.12. The molecule has 112 valence electrons. The van der Waals surface area contributed by atoms with Crippen LogP contribution in [0.3, 0.4) is 0 Å². The van der Waals surface area contributed by atoms with Crippen LogP contribution < -0.4 is 5.73 Å². The van der Waals surface area contributed by atoms with Gasteiger partial charge >= 0.3 is 0 Å². The molecular weight excluding hydrogens is 340 g/mol. The zero-order chi connectivity index (χ0) is 14.8. The summed E-state index contributed by atoms with van der Waals surface area (Å²) in [5, 5.41) is 0. The SMILES string of the molecule is C[C@@H](N)[C@@H]1CCCN(S(=O)(=O)Cc2ccc(Br)cc2)C1. The lowest BCUT2D eigenvalue weighted by molar-refractivity contribution is 0.243. The van der Waals surface area contributed by atoms with E-state index >= 15 is 0 Å². The molecule has 1 fully saturated rings. The molecule has 0 bridgehead atoms. The van der Waals surface area contributed by atoms with E-state index in [2.05, 4.69) is 15.9 Å². The molecular formula is C14H21BrN2O2S.